The van der Waals surface area contributed by atoms with Crippen molar-refractivity contribution >= 4 is 10.9 Å². The number of aliphatic hydroxyl groups is 1. The molecule has 0 aliphatic rings. The van der Waals surface area contributed by atoms with E-state index in [1.807, 2.05) is 0 Å². The van der Waals surface area contributed by atoms with Crippen LogP contribution in [0.25, 0.3) is 10.9 Å². The molecular formula is C14H16F3NO. The summed E-state index contributed by atoms with van der Waals surface area (Å²) in [5.74, 6) is 0. The van der Waals surface area contributed by atoms with Crippen LogP contribution in [0.4, 0.5) is 13.2 Å². The maximum absolute atomic E-state index is 13.0. The highest BCUT2D eigenvalue weighted by molar-refractivity contribution is 5.85. The zero-order valence-electron chi connectivity index (χ0n) is 11.0. The predicted molar refractivity (Wildman–Crippen MR) is 67.9 cm³/mol. The van der Waals surface area contributed by atoms with Crippen molar-refractivity contribution in [3.63, 3.8) is 0 Å². The van der Waals surface area contributed by atoms with Gasteiger partial charge in [-0.15, -0.1) is 0 Å². The molecule has 0 saturated heterocycles. The molecule has 0 amide bonds. The Kier molecular flexibility index (Phi) is 3.13. The summed E-state index contributed by atoms with van der Waals surface area (Å²) in [6.07, 6.45) is -4.08. The SMILES string of the molecule is Cn1c(CC(C)(C)O)cc2cccc(C(F)(F)F)c21. The van der Waals surface area contributed by atoms with Crippen LogP contribution < -0.4 is 0 Å². The highest BCUT2D eigenvalue weighted by atomic mass is 19.4. The van der Waals surface area contributed by atoms with E-state index >= 15 is 0 Å². The quantitative estimate of drug-likeness (QED) is 0.888. The first-order chi connectivity index (χ1) is 8.59. The van der Waals surface area contributed by atoms with E-state index in [0.717, 1.165) is 6.07 Å². The van der Waals surface area contributed by atoms with E-state index in [4.69, 9.17) is 0 Å². The molecule has 0 atom stereocenters. The number of para-hydroxylation sites is 1. The lowest BCUT2D eigenvalue weighted by Crippen LogP contribution is -2.23. The molecule has 1 N–H and O–H groups in total. The van der Waals surface area contributed by atoms with E-state index < -0.39 is 17.3 Å². The van der Waals surface area contributed by atoms with Crippen LogP contribution in [0, 0.1) is 0 Å². The van der Waals surface area contributed by atoms with Crippen LogP contribution in [0.15, 0.2) is 24.3 Å². The van der Waals surface area contributed by atoms with Gasteiger partial charge in [0.05, 0.1) is 16.7 Å². The van der Waals surface area contributed by atoms with E-state index in [2.05, 4.69) is 0 Å². The molecule has 104 valence electrons. The number of halogens is 3. The number of nitrogens with zero attached hydrogens (tertiary/aromatic N) is 1. The maximum Gasteiger partial charge on any atom is 0.418 e. The van der Waals surface area contributed by atoms with E-state index in [1.165, 1.54) is 10.6 Å². The topological polar surface area (TPSA) is 25.2 Å². The van der Waals surface area contributed by atoms with Crippen LogP contribution in [0.3, 0.4) is 0 Å². The van der Waals surface area contributed by atoms with Gasteiger partial charge in [0, 0.05) is 24.5 Å². The molecule has 2 rings (SSSR count). The third-order valence-electron chi connectivity index (χ3n) is 3.07. The van der Waals surface area contributed by atoms with Crippen molar-refractivity contribution in [3.8, 4) is 0 Å². The molecule has 0 spiro atoms. The predicted octanol–water partition coefficient (Wildman–Crippen LogP) is 3.51. The van der Waals surface area contributed by atoms with Crippen molar-refractivity contribution in [3.05, 3.63) is 35.5 Å². The third kappa shape index (κ3) is 2.76. The second-order valence-electron chi connectivity index (χ2n) is 5.43. The second kappa shape index (κ2) is 4.27. The molecular weight excluding hydrogens is 255 g/mol. The molecule has 0 radical (unpaired) electrons. The number of hydrogen-bond acceptors (Lipinski definition) is 1. The molecule has 0 aliphatic carbocycles. The fraction of sp³-hybridized carbons (Fsp3) is 0.429. The zero-order chi connectivity index (χ0) is 14.4. The standard InChI is InChI=1S/C14H16F3NO/c1-13(2,19)8-10-7-9-5-4-6-11(14(15,16)17)12(9)18(10)3/h4-7,19H,8H2,1-3H3. The minimum atomic E-state index is -4.38. The Morgan fingerprint density at radius 2 is 1.84 bits per heavy atom. The Hall–Kier alpha value is -1.49. The molecule has 0 bridgehead atoms. The number of hydrogen-bond donors (Lipinski definition) is 1. The van der Waals surface area contributed by atoms with E-state index in [-0.39, 0.29) is 5.52 Å². The Balaban J connectivity index is 2.65. The fourth-order valence-electron chi connectivity index (χ4n) is 2.31. The van der Waals surface area contributed by atoms with Crippen LogP contribution in [0.5, 0.6) is 0 Å². The lowest BCUT2D eigenvalue weighted by atomic mass is 10.0. The van der Waals surface area contributed by atoms with Gasteiger partial charge in [-0.1, -0.05) is 12.1 Å². The molecule has 5 heteroatoms. The Morgan fingerprint density at radius 3 is 2.37 bits per heavy atom. The van der Waals surface area contributed by atoms with Crippen LogP contribution in [0.2, 0.25) is 0 Å². The van der Waals surface area contributed by atoms with Gasteiger partial charge in [-0.05, 0) is 26.0 Å². The van der Waals surface area contributed by atoms with Crippen molar-refractivity contribution in [2.24, 2.45) is 7.05 Å². The minimum absolute atomic E-state index is 0.161. The third-order valence-corrected chi connectivity index (χ3v) is 3.07. The fourth-order valence-corrected chi connectivity index (χ4v) is 2.31. The van der Waals surface area contributed by atoms with Crippen molar-refractivity contribution in [2.75, 3.05) is 0 Å². The number of aromatic nitrogens is 1. The summed E-state index contributed by atoms with van der Waals surface area (Å²) in [5, 5.41) is 10.4. The van der Waals surface area contributed by atoms with Crippen molar-refractivity contribution in [1.29, 1.82) is 0 Å². The van der Waals surface area contributed by atoms with Crippen LogP contribution >= 0.6 is 0 Å². The smallest absolute Gasteiger partial charge is 0.390 e. The van der Waals surface area contributed by atoms with Gasteiger partial charge in [0.25, 0.3) is 0 Å². The first-order valence-corrected chi connectivity index (χ1v) is 5.96. The van der Waals surface area contributed by atoms with Gasteiger partial charge >= 0.3 is 6.18 Å². The summed E-state index contributed by atoms with van der Waals surface area (Å²) in [6.45, 7) is 3.27. The van der Waals surface area contributed by atoms with E-state index in [1.54, 1.807) is 33.0 Å². The molecule has 1 aromatic heterocycles. The number of rotatable bonds is 2. The summed E-state index contributed by atoms with van der Waals surface area (Å²) in [7, 11) is 1.60. The zero-order valence-corrected chi connectivity index (χ0v) is 11.0. The Bertz CT molecular complexity index is 605. The molecule has 0 fully saturated rings. The van der Waals surface area contributed by atoms with Gasteiger partial charge in [-0.2, -0.15) is 13.2 Å². The summed E-state index contributed by atoms with van der Waals surface area (Å²) in [4.78, 5) is 0. The average molecular weight is 271 g/mol. The molecule has 2 nitrogen and oxygen atoms in total. The van der Waals surface area contributed by atoms with Gasteiger partial charge in [0.15, 0.2) is 0 Å². The van der Waals surface area contributed by atoms with Gasteiger partial charge in [-0.3, -0.25) is 0 Å². The van der Waals surface area contributed by atoms with Gasteiger partial charge in [0.1, 0.15) is 0 Å². The summed E-state index contributed by atoms with van der Waals surface area (Å²) >= 11 is 0. The number of benzene rings is 1. The van der Waals surface area contributed by atoms with Crippen LogP contribution in [-0.2, 0) is 19.6 Å². The van der Waals surface area contributed by atoms with Crippen molar-refractivity contribution < 1.29 is 18.3 Å². The lowest BCUT2D eigenvalue weighted by molar-refractivity contribution is -0.136. The molecule has 1 aromatic carbocycles. The van der Waals surface area contributed by atoms with Crippen LogP contribution in [-0.4, -0.2) is 15.3 Å². The Morgan fingerprint density at radius 1 is 1.21 bits per heavy atom. The Labute approximate surface area is 109 Å². The van der Waals surface area contributed by atoms with Crippen molar-refractivity contribution in [1.82, 2.24) is 4.57 Å². The van der Waals surface area contributed by atoms with Gasteiger partial charge < -0.3 is 9.67 Å². The largest absolute Gasteiger partial charge is 0.418 e. The first kappa shape index (κ1) is 13.9. The summed E-state index contributed by atoms with van der Waals surface area (Å²) in [6, 6.07) is 5.83. The van der Waals surface area contributed by atoms with E-state index in [9.17, 15) is 18.3 Å². The molecule has 0 unspecified atom stereocenters. The maximum atomic E-state index is 13.0. The van der Waals surface area contributed by atoms with Gasteiger partial charge in [0.2, 0.25) is 0 Å². The number of aryl methyl sites for hydroxylation is 1. The molecule has 19 heavy (non-hydrogen) atoms. The molecule has 0 aliphatic heterocycles. The molecule has 2 aromatic rings. The van der Waals surface area contributed by atoms with Crippen LogP contribution in [0.1, 0.15) is 25.1 Å². The lowest BCUT2D eigenvalue weighted by Gasteiger charge is -2.18. The number of fused-ring (bicyclic) bond motifs is 1. The minimum Gasteiger partial charge on any atom is -0.390 e. The summed E-state index contributed by atoms with van der Waals surface area (Å²) in [5.41, 5.74) is -0.761. The molecule has 1 heterocycles. The summed E-state index contributed by atoms with van der Waals surface area (Å²) < 4.78 is 40.5. The normalized spacial score (nSPS) is 13.2. The molecule has 0 saturated carbocycles. The second-order valence-corrected chi connectivity index (χ2v) is 5.43. The van der Waals surface area contributed by atoms with Crippen molar-refractivity contribution in [2.45, 2.75) is 32.0 Å². The van der Waals surface area contributed by atoms with Gasteiger partial charge in [-0.25, -0.2) is 0 Å². The number of alkyl halides is 3. The highest BCUT2D eigenvalue weighted by Crippen LogP contribution is 2.36. The van der Waals surface area contributed by atoms with E-state index in [0.29, 0.717) is 17.5 Å². The highest BCUT2D eigenvalue weighted by Gasteiger charge is 2.34. The average Bonchev–Trinajstić information content (AvgIpc) is 2.52. The first-order valence-electron chi connectivity index (χ1n) is 5.96. The monoisotopic (exact) mass is 271 g/mol.